The number of hydrogen-bond donors (Lipinski definition) is 1. The van der Waals surface area contributed by atoms with Crippen molar-refractivity contribution in [3.05, 3.63) is 94.8 Å². The molecule has 0 bridgehead atoms. The minimum atomic E-state index is -4.39. The molecule has 3 aromatic carbocycles. The highest BCUT2D eigenvalue weighted by Gasteiger charge is 2.28. The van der Waals surface area contributed by atoms with Gasteiger partial charge in [0.25, 0.3) is 11.8 Å². The quantitative estimate of drug-likeness (QED) is 0.452. The van der Waals surface area contributed by atoms with Gasteiger partial charge in [0, 0.05) is 29.0 Å². The zero-order valence-corrected chi connectivity index (χ0v) is 18.6. The SMILES string of the molecule is O=C(Nc1cccc2c1CCCN2C(=O)c1ccc(COCC(F)(F)F)cc1)c1ccc(F)cc1. The molecule has 182 valence electrons. The number of alkyl halides is 3. The van der Waals surface area contributed by atoms with E-state index in [4.69, 9.17) is 0 Å². The van der Waals surface area contributed by atoms with Gasteiger partial charge < -0.3 is 15.0 Å². The van der Waals surface area contributed by atoms with E-state index in [0.29, 0.717) is 47.5 Å². The number of halogens is 4. The second-order valence-electron chi connectivity index (χ2n) is 8.13. The molecule has 1 aliphatic heterocycles. The third-order valence-corrected chi connectivity index (χ3v) is 5.59. The summed E-state index contributed by atoms with van der Waals surface area (Å²) in [6, 6.07) is 16.8. The van der Waals surface area contributed by atoms with Crippen LogP contribution in [-0.4, -0.2) is 31.1 Å². The molecule has 0 radical (unpaired) electrons. The largest absolute Gasteiger partial charge is 0.411 e. The van der Waals surface area contributed by atoms with E-state index in [2.05, 4.69) is 10.1 Å². The van der Waals surface area contributed by atoms with Crippen LogP contribution in [0.4, 0.5) is 28.9 Å². The van der Waals surface area contributed by atoms with Gasteiger partial charge in [0.15, 0.2) is 0 Å². The van der Waals surface area contributed by atoms with Crippen molar-refractivity contribution in [2.24, 2.45) is 0 Å². The Balaban J connectivity index is 1.48. The molecular formula is C26H22F4N2O3. The zero-order valence-electron chi connectivity index (χ0n) is 18.6. The van der Waals surface area contributed by atoms with Crippen molar-refractivity contribution in [3.63, 3.8) is 0 Å². The van der Waals surface area contributed by atoms with Gasteiger partial charge in [-0.2, -0.15) is 13.2 Å². The van der Waals surface area contributed by atoms with Crippen LogP contribution in [0.3, 0.4) is 0 Å². The molecule has 0 saturated carbocycles. The van der Waals surface area contributed by atoms with Crippen molar-refractivity contribution in [1.29, 1.82) is 0 Å². The Hall–Kier alpha value is -3.72. The first-order chi connectivity index (χ1) is 16.7. The molecule has 0 fully saturated rings. The highest BCUT2D eigenvalue weighted by Crippen LogP contribution is 2.34. The topological polar surface area (TPSA) is 58.6 Å². The highest BCUT2D eigenvalue weighted by atomic mass is 19.4. The van der Waals surface area contributed by atoms with Gasteiger partial charge in [-0.15, -0.1) is 0 Å². The molecule has 0 unspecified atom stereocenters. The van der Waals surface area contributed by atoms with Crippen LogP contribution in [0.1, 0.15) is 38.3 Å². The molecule has 0 atom stereocenters. The minimum absolute atomic E-state index is 0.211. The van der Waals surface area contributed by atoms with Crippen LogP contribution in [0, 0.1) is 5.82 Å². The minimum Gasteiger partial charge on any atom is -0.367 e. The number of hydrogen-bond acceptors (Lipinski definition) is 3. The molecule has 1 heterocycles. The monoisotopic (exact) mass is 486 g/mol. The predicted molar refractivity (Wildman–Crippen MR) is 123 cm³/mol. The summed E-state index contributed by atoms with van der Waals surface area (Å²) in [5, 5.41) is 2.85. The maximum atomic E-state index is 13.2. The van der Waals surface area contributed by atoms with E-state index in [0.717, 1.165) is 5.56 Å². The van der Waals surface area contributed by atoms with E-state index >= 15 is 0 Å². The molecule has 9 heteroatoms. The predicted octanol–water partition coefficient (Wildman–Crippen LogP) is 5.75. The maximum absolute atomic E-state index is 13.2. The summed E-state index contributed by atoms with van der Waals surface area (Å²) in [5.74, 6) is -1.07. The fourth-order valence-corrected chi connectivity index (χ4v) is 3.93. The Bertz CT molecular complexity index is 1210. The van der Waals surface area contributed by atoms with Gasteiger partial charge in [-0.3, -0.25) is 9.59 Å². The summed E-state index contributed by atoms with van der Waals surface area (Å²) in [6.45, 7) is -1.06. The third-order valence-electron chi connectivity index (χ3n) is 5.59. The lowest BCUT2D eigenvalue weighted by Gasteiger charge is -2.31. The van der Waals surface area contributed by atoms with E-state index < -0.39 is 18.6 Å². The van der Waals surface area contributed by atoms with Gasteiger partial charge in [-0.1, -0.05) is 18.2 Å². The Morgan fingerprint density at radius 3 is 2.31 bits per heavy atom. The molecule has 3 aromatic rings. The standard InChI is InChI=1S/C26H22F4N2O3/c27-20-12-10-18(11-13-20)24(33)31-22-4-1-5-23-21(22)3-2-14-32(23)25(34)19-8-6-17(7-9-19)15-35-16-26(28,29)30/h1,4-13H,2-3,14-16H2,(H,31,33). The number of ether oxygens (including phenoxy) is 1. The van der Waals surface area contributed by atoms with Crippen LogP contribution in [0.2, 0.25) is 0 Å². The maximum Gasteiger partial charge on any atom is 0.411 e. The number of nitrogens with one attached hydrogen (secondary N) is 1. The van der Waals surface area contributed by atoms with E-state index in [1.54, 1.807) is 47.4 Å². The molecule has 0 aromatic heterocycles. The van der Waals surface area contributed by atoms with Gasteiger partial charge in [0.2, 0.25) is 0 Å². The lowest BCUT2D eigenvalue weighted by atomic mass is 9.98. The number of nitrogens with zero attached hydrogens (tertiary/aromatic N) is 1. The second-order valence-corrected chi connectivity index (χ2v) is 8.13. The molecule has 0 aliphatic carbocycles. The van der Waals surface area contributed by atoms with Crippen LogP contribution in [0.5, 0.6) is 0 Å². The number of amides is 2. The van der Waals surface area contributed by atoms with Crippen molar-refractivity contribution in [1.82, 2.24) is 0 Å². The highest BCUT2D eigenvalue weighted by molar-refractivity contribution is 6.08. The Kier molecular flexibility index (Phi) is 7.16. The molecule has 0 saturated heterocycles. The van der Waals surface area contributed by atoms with Gasteiger partial charge in [-0.05, 0) is 72.5 Å². The molecule has 2 amide bonds. The Morgan fingerprint density at radius 2 is 1.63 bits per heavy atom. The summed E-state index contributed by atoms with van der Waals surface area (Å²) < 4.78 is 54.5. The summed E-state index contributed by atoms with van der Waals surface area (Å²) in [7, 11) is 0. The molecular weight excluding hydrogens is 464 g/mol. The first kappa shape index (κ1) is 24.4. The molecule has 1 N–H and O–H groups in total. The fraction of sp³-hybridized carbons (Fsp3) is 0.231. The van der Waals surface area contributed by atoms with Crippen molar-refractivity contribution in [2.45, 2.75) is 25.6 Å². The number of benzene rings is 3. The van der Waals surface area contributed by atoms with Crippen molar-refractivity contribution >= 4 is 23.2 Å². The van der Waals surface area contributed by atoms with Gasteiger partial charge in [-0.25, -0.2) is 4.39 Å². The van der Waals surface area contributed by atoms with Crippen LogP contribution in [-0.2, 0) is 17.8 Å². The Labute approximate surface area is 199 Å². The van der Waals surface area contributed by atoms with Crippen LogP contribution >= 0.6 is 0 Å². The van der Waals surface area contributed by atoms with Gasteiger partial charge >= 0.3 is 6.18 Å². The molecule has 5 nitrogen and oxygen atoms in total. The third kappa shape index (κ3) is 6.05. The van der Waals surface area contributed by atoms with E-state index in [1.165, 1.54) is 24.3 Å². The second kappa shape index (κ2) is 10.3. The smallest absolute Gasteiger partial charge is 0.367 e. The Morgan fingerprint density at radius 1 is 0.943 bits per heavy atom. The number of rotatable bonds is 6. The molecule has 4 rings (SSSR count). The number of carbonyl (C=O) groups excluding carboxylic acids is 2. The average molecular weight is 486 g/mol. The van der Waals surface area contributed by atoms with Gasteiger partial charge in [0.1, 0.15) is 12.4 Å². The van der Waals surface area contributed by atoms with Crippen LogP contribution < -0.4 is 10.2 Å². The van der Waals surface area contributed by atoms with E-state index in [9.17, 15) is 27.2 Å². The summed E-state index contributed by atoms with van der Waals surface area (Å²) in [5.41, 5.74) is 3.29. The molecule has 35 heavy (non-hydrogen) atoms. The first-order valence-electron chi connectivity index (χ1n) is 11.0. The molecule has 0 spiro atoms. The van der Waals surface area contributed by atoms with Crippen molar-refractivity contribution in [2.75, 3.05) is 23.4 Å². The lowest BCUT2D eigenvalue weighted by molar-refractivity contribution is -0.176. The molecule has 1 aliphatic rings. The summed E-state index contributed by atoms with van der Waals surface area (Å²) in [6.07, 6.45) is -3.05. The van der Waals surface area contributed by atoms with Crippen molar-refractivity contribution < 1.29 is 31.9 Å². The van der Waals surface area contributed by atoms with Crippen LogP contribution in [0.25, 0.3) is 0 Å². The number of fused-ring (bicyclic) bond motifs is 1. The normalized spacial score (nSPS) is 13.3. The van der Waals surface area contributed by atoms with Crippen LogP contribution in [0.15, 0.2) is 66.7 Å². The van der Waals surface area contributed by atoms with Crippen molar-refractivity contribution in [3.8, 4) is 0 Å². The van der Waals surface area contributed by atoms with E-state index in [1.807, 2.05) is 0 Å². The summed E-state index contributed by atoms with van der Waals surface area (Å²) >= 11 is 0. The lowest BCUT2D eigenvalue weighted by Crippen LogP contribution is -2.35. The average Bonchev–Trinajstić information content (AvgIpc) is 2.83. The summed E-state index contributed by atoms with van der Waals surface area (Å²) in [4.78, 5) is 27.5. The first-order valence-corrected chi connectivity index (χ1v) is 11.0. The number of anilines is 2. The van der Waals surface area contributed by atoms with E-state index in [-0.39, 0.29) is 18.4 Å². The van der Waals surface area contributed by atoms with Gasteiger partial charge in [0.05, 0.1) is 6.61 Å². The fourth-order valence-electron chi connectivity index (χ4n) is 3.93. The number of carbonyl (C=O) groups is 2. The zero-order chi connectivity index (χ0) is 25.0.